The van der Waals surface area contributed by atoms with Gasteiger partial charge in [-0.3, -0.25) is 0 Å². The van der Waals surface area contributed by atoms with Gasteiger partial charge in [-0.05, 0) is 37.5 Å². The predicted octanol–water partition coefficient (Wildman–Crippen LogP) is 9.08. The van der Waals surface area contributed by atoms with Crippen LogP contribution in [-0.2, 0) is 0 Å². The van der Waals surface area contributed by atoms with E-state index in [0.29, 0.717) is 0 Å². The number of rotatable bonds is 19. The second kappa shape index (κ2) is 18.1. The van der Waals surface area contributed by atoms with Crippen molar-refractivity contribution in [2.45, 2.75) is 124 Å². The fourth-order valence-corrected chi connectivity index (χ4v) is 4.07. The summed E-state index contributed by atoms with van der Waals surface area (Å²) < 4.78 is 0. The molecule has 0 saturated heterocycles. The van der Waals surface area contributed by atoms with Crippen molar-refractivity contribution in [1.29, 1.82) is 0 Å². The molecule has 0 saturated carbocycles. The molecule has 0 N–H and O–H groups in total. The van der Waals surface area contributed by atoms with Crippen molar-refractivity contribution in [3.63, 3.8) is 0 Å². The fourth-order valence-electron chi connectivity index (χ4n) is 4.07. The highest BCUT2D eigenvalue weighted by Gasteiger charge is 2.06. The van der Waals surface area contributed by atoms with E-state index in [1.165, 1.54) is 127 Å². The van der Waals surface area contributed by atoms with Crippen LogP contribution in [0.3, 0.4) is 0 Å². The quantitative estimate of drug-likeness (QED) is 0.214. The van der Waals surface area contributed by atoms with Crippen molar-refractivity contribution >= 4 is 5.69 Å². The molecule has 0 unspecified atom stereocenters. The Morgan fingerprint density at radius 1 is 0.571 bits per heavy atom. The minimum absolute atomic E-state index is 1.23. The summed E-state index contributed by atoms with van der Waals surface area (Å²) >= 11 is 0. The Morgan fingerprint density at radius 3 is 1.43 bits per heavy atom. The Hall–Kier alpha value is -0.980. The SMILES string of the molecule is CCCCCCCCCCN(CCCCCCCCCC)c1cccc(C)c1. The topological polar surface area (TPSA) is 3.24 Å². The van der Waals surface area contributed by atoms with Crippen LogP contribution in [0.4, 0.5) is 5.69 Å². The van der Waals surface area contributed by atoms with Crippen molar-refractivity contribution in [3.05, 3.63) is 29.8 Å². The number of anilines is 1. The molecule has 0 heterocycles. The van der Waals surface area contributed by atoms with Gasteiger partial charge in [0.25, 0.3) is 0 Å². The number of benzene rings is 1. The molecule has 0 atom stereocenters. The van der Waals surface area contributed by atoms with Gasteiger partial charge in [-0.15, -0.1) is 0 Å². The van der Waals surface area contributed by atoms with Crippen molar-refractivity contribution in [3.8, 4) is 0 Å². The molecule has 0 bridgehead atoms. The Balaban J connectivity index is 2.25. The molecular formula is C27H49N. The molecule has 0 spiro atoms. The lowest BCUT2D eigenvalue weighted by Gasteiger charge is -2.25. The van der Waals surface area contributed by atoms with Gasteiger partial charge in [0.1, 0.15) is 0 Å². The van der Waals surface area contributed by atoms with Gasteiger partial charge in [0.2, 0.25) is 0 Å². The molecule has 0 aromatic heterocycles. The van der Waals surface area contributed by atoms with E-state index in [1.54, 1.807) is 0 Å². The standard InChI is InChI=1S/C27H49N/c1-4-6-8-10-12-14-16-18-23-28(27-22-20-21-26(3)25-27)24-19-17-15-13-11-9-7-5-2/h20-22,25H,4-19,23-24H2,1-3H3. The maximum Gasteiger partial charge on any atom is 0.0368 e. The summed E-state index contributed by atoms with van der Waals surface area (Å²) in [6.45, 7) is 9.27. The zero-order valence-electron chi connectivity index (χ0n) is 19.5. The molecule has 28 heavy (non-hydrogen) atoms. The van der Waals surface area contributed by atoms with Gasteiger partial charge < -0.3 is 4.90 Å². The normalized spacial score (nSPS) is 11.1. The van der Waals surface area contributed by atoms with E-state index in [0.717, 1.165) is 0 Å². The average molecular weight is 388 g/mol. The van der Waals surface area contributed by atoms with Gasteiger partial charge in [-0.25, -0.2) is 0 Å². The third-order valence-corrected chi connectivity index (χ3v) is 5.93. The maximum atomic E-state index is 2.65. The molecule has 0 aliphatic heterocycles. The van der Waals surface area contributed by atoms with Crippen LogP contribution < -0.4 is 4.90 Å². The summed E-state index contributed by atoms with van der Waals surface area (Å²) in [7, 11) is 0. The first-order chi connectivity index (χ1) is 13.8. The highest BCUT2D eigenvalue weighted by molar-refractivity contribution is 5.48. The van der Waals surface area contributed by atoms with Gasteiger partial charge in [0.15, 0.2) is 0 Å². The van der Waals surface area contributed by atoms with Crippen LogP contribution in [0.15, 0.2) is 24.3 Å². The summed E-state index contributed by atoms with van der Waals surface area (Å²) in [6, 6.07) is 9.12. The van der Waals surface area contributed by atoms with E-state index in [1.807, 2.05) is 0 Å². The van der Waals surface area contributed by atoms with E-state index in [9.17, 15) is 0 Å². The van der Waals surface area contributed by atoms with E-state index in [2.05, 4.69) is 49.9 Å². The summed E-state index contributed by atoms with van der Waals surface area (Å²) in [4.78, 5) is 2.65. The lowest BCUT2D eigenvalue weighted by molar-refractivity contribution is 0.555. The third-order valence-electron chi connectivity index (χ3n) is 5.93. The zero-order valence-corrected chi connectivity index (χ0v) is 19.5. The minimum Gasteiger partial charge on any atom is -0.372 e. The van der Waals surface area contributed by atoms with Crippen LogP contribution >= 0.6 is 0 Å². The molecule has 0 aliphatic carbocycles. The van der Waals surface area contributed by atoms with Gasteiger partial charge in [-0.2, -0.15) is 0 Å². The van der Waals surface area contributed by atoms with E-state index >= 15 is 0 Å². The summed E-state index contributed by atoms with van der Waals surface area (Å²) in [5, 5.41) is 0. The first-order valence-corrected chi connectivity index (χ1v) is 12.6. The molecule has 162 valence electrons. The molecule has 1 aromatic carbocycles. The highest BCUT2D eigenvalue weighted by atomic mass is 15.1. The molecular weight excluding hydrogens is 338 g/mol. The summed E-state index contributed by atoms with van der Waals surface area (Å²) in [5.74, 6) is 0. The van der Waals surface area contributed by atoms with Crippen LogP contribution in [0.25, 0.3) is 0 Å². The molecule has 0 fully saturated rings. The maximum absolute atomic E-state index is 2.65. The number of unbranched alkanes of at least 4 members (excludes halogenated alkanes) is 14. The number of hydrogen-bond donors (Lipinski definition) is 0. The van der Waals surface area contributed by atoms with Gasteiger partial charge in [0.05, 0.1) is 0 Å². The Kier molecular flexibility index (Phi) is 16.2. The van der Waals surface area contributed by atoms with E-state index in [-0.39, 0.29) is 0 Å². The number of hydrogen-bond acceptors (Lipinski definition) is 1. The van der Waals surface area contributed by atoms with Crippen LogP contribution in [-0.4, -0.2) is 13.1 Å². The molecule has 0 aliphatic rings. The van der Waals surface area contributed by atoms with Gasteiger partial charge >= 0.3 is 0 Å². The van der Waals surface area contributed by atoms with Crippen molar-refractivity contribution < 1.29 is 0 Å². The van der Waals surface area contributed by atoms with Crippen LogP contribution in [0.5, 0.6) is 0 Å². The first-order valence-electron chi connectivity index (χ1n) is 12.6. The Labute approximate surface area is 177 Å². The van der Waals surface area contributed by atoms with Gasteiger partial charge in [0, 0.05) is 18.8 Å². The van der Waals surface area contributed by atoms with E-state index in [4.69, 9.17) is 0 Å². The van der Waals surface area contributed by atoms with Crippen molar-refractivity contribution in [2.75, 3.05) is 18.0 Å². The fraction of sp³-hybridized carbons (Fsp3) is 0.778. The van der Waals surface area contributed by atoms with E-state index < -0.39 is 0 Å². The number of aryl methyl sites for hydroxylation is 1. The molecule has 1 heteroatoms. The summed E-state index contributed by atoms with van der Waals surface area (Å²) in [5.41, 5.74) is 2.82. The Bertz CT molecular complexity index is 433. The summed E-state index contributed by atoms with van der Waals surface area (Å²) in [6.07, 6.45) is 22.5. The molecule has 1 nitrogen and oxygen atoms in total. The average Bonchev–Trinajstić information content (AvgIpc) is 2.70. The van der Waals surface area contributed by atoms with Crippen molar-refractivity contribution in [2.24, 2.45) is 0 Å². The second-order valence-corrected chi connectivity index (χ2v) is 8.78. The number of nitrogens with zero attached hydrogens (tertiary/aromatic N) is 1. The molecule has 0 amide bonds. The lowest BCUT2D eigenvalue weighted by atomic mass is 10.1. The molecule has 1 aromatic rings. The monoisotopic (exact) mass is 387 g/mol. The molecule has 1 rings (SSSR count). The zero-order chi connectivity index (χ0) is 20.3. The van der Waals surface area contributed by atoms with Crippen LogP contribution in [0, 0.1) is 6.92 Å². The molecule has 0 radical (unpaired) electrons. The first kappa shape index (κ1) is 25.1. The van der Waals surface area contributed by atoms with Crippen LogP contribution in [0.2, 0.25) is 0 Å². The van der Waals surface area contributed by atoms with Crippen LogP contribution in [0.1, 0.15) is 122 Å². The largest absolute Gasteiger partial charge is 0.372 e. The minimum atomic E-state index is 1.23. The highest BCUT2D eigenvalue weighted by Crippen LogP contribution is 2.19. The predicted molar refractivity (Wildman–Crippen MR) is 129 cm³/mol. The lowest BCUT2D eigenvalue weighted by Crippen LogP contribution is -2.25. The second-order valence-electron chi connectivity index (χ2n) is 8.78. The van der Waals surface area contributed by atoms with Gasteiger partial charge in [-0.1, -0.05) is 116 Å². The Morgan fingerprint density at radius 2 is 1.00 bits per heavy atom. The van der Waals surface area contributed by atoms with Crippen molar-refractivity contribution in [1.82, 2.24) is 0 Å². The smallest absolute Gasteiger partial charge is 0.0368 e. The third kappa shape index (κ3) is 13.2.